The third-order valence-electron chi connectivity index (χ3n) is 4.19. The van der Waals surface area contributed by atoms with E-state index in [0.29, 0.717) is 22.1 Å². The van der Waals surface area contributed by atoms with Gasteiger partial charge >= 0.3 is 0 Å². The number of carbonyl (C=O) groups excluding carboxylic acids is 1. The molecule has 0 aliphatic rings. The number of thioether (sulfide) groups is 1. The predicted molar refractivity (Wildman–Crippen MR) is 118 cm³/mol. The molecular formula is C21H20F2N4O2S2. The second-order valence-corrected chi connectivity index (χ2v) is 8.37. The van der Waals surface area contributed by atoms with E-state index >= 15 is 0 Å². The number of halogens is 2. The topological polar surface area (TPSA) is 76.5 Å². The van der Waals surface area contributed by atoms with E-state index in [-0.39, 0.29) is 16.8 Å². The van der Waals surface area contributed by atoms with Crippen molar-refractivity contribution in [1.82, 2.24) is 15.4 Å². The molecule has 2 heterocycles. The van der Waals surface area contributed by atoms with Gasteiger partial charge < -0.3 is 4.74 Å². The number of hydrazone groups is 1. The quantitative estimate of drug-likeness (QED) is 0.217. The van der Waals surface area contributed by atoms with Gasteiger partial charge in [0.05, 0.1) is 18.2 Å². The Morgan fingerprint density at radius 1 is 1.29 bits per heavy atom. The number of methoxy groups -OCH3 is 1. The maximum atomic E-state index is 13.0. The minimum Gasteiger partial charge on any atom is -0.496 e. The van der Waals surface area contributed by atoms with Crippen molar-refractivity contribution in [3.63, 3.8) is 0 Å². The fourth-order valence-corrected chi connectivity index (χ4v) is 4.40. The summed E-state index contributed by atoms with van der Waals surface area (Å²) < 4.78 is 31.4. The molecule has 1 N–H and O–H groups in total. The summed E-state index contributed by atoms with van der Waals surface area (Å²) in [6.45, 7) is 3.52. The van der Waals surface area contributed by atoms with Crippen molar-refractivity contribution >= 4 is 35.2 Å². The summed E-state index contributed by atoms with van der Waals surface area (Å²) in [5, 5.41) is 6.15. The van der Waals surface area contributed by atoms with Crippen molar-refractivity contribution in [2.45, 2.75) is 31.2 Å². The number of ether oxygens (including phenoxy) is 1. The molecule has 0 unspecified atom stereocenters. The number of amides is 1. The van der Waals surface area contributed by atoms with Gasteiger partial charge in [-0.25, -0.2) is 24.2 Å². The van der Waals surface area contributed by atoms with E-state index in [1.807, 2.05) is 24.4 Å². The molecule has 3 aromatic rings. The van der Waals surface area contributed by atoms with Crippen LogP contribution in [0.2, 0.25) is 0 Å². The number of rotatable bonds is 8. The van der Waals surface area contributed by atoms with E-state index in [2.05, 4.69) is 20.5 Å². The second-order valence-electron chi connectivity index (χ2n) is 6.51. The Balaban J connectivity index is 1.70. The van der Waals surface area contributed by atoms with Crippen molar-refractivity contribution in [2.24, 2.45) is 5.10 Å². The standard InChI is InChI=1S/C21H20F2N4O2S2/c1-12-6-7-30-18(12)20(28)27-24-10-14-4-5-17(29-3)15(9-14)11-31-21-25-13(2)8-16(26-21)19(22)23/h4-10,19H,11H2,1-3H3,(H,27,28)/b24-10+. The van der Waals surface area contributed by atoms with Crippen LogP contribution >= 0.6 is 23.1 Å². The lowest BCUT2D eigenvalue weighted by Crippen LogP contribution is -2.17. The zero-order chi connectivity index (χ0) is 22.4. The first-order chi connectivity index (χ1) is 14.9. The lowest BCUT2D eigenvalue weighted by atomic mass is 10.1. The number of hydrogen-bond acceptors (Lipinski definition) is 7. The molecule has 6 nitrogen and oxygen atoms in total. The summed E-state index contributed by atoms with van der Waals surface area (Å²) in [4.78, 5) is 20.9. The number of benzene rings is 1. The molecule has 0 saturated carbocycles. The van der Waals surface area contributed by atoms with Crippen molar-refractivity contribution < 1.29 is 18.3 Å². The zero-order valence-electron chi connectivity index (χ0n) is 17.1. The van der Waals surface area contributed by atoms with E-state index in [1.165, 1.54) is 35.4 Å². The third kappa shape index (κ3) is 6.08. The van der Waals surface area contributed by atoms with Crippen LogP contribution in [-0.4, -0.2) is 29.2 Å². The SMILES string of the molecule is COc1ccc(/C=N/NC(=O)c2sccc2C)cc1CSc1nc(C)cc(C(F)F)n1. The summed E-state index contributed by atoms with van der Waals surface area (Å²) in [6, 6.07) is 8.58. The van der Waals surface area contributed by atoms with Crippen LogP contribution in [0.1, 0.15) is 44.2 Å². The molecule has 0 saturated heterocycles. The fraction of sp³-hybridized carbons (Fsp3) is 0.238. The Morgan fingerprint density at radius 3 is 2.77 bits per heavy atom. The van der Waals surface area contributed by atoms with Crippen molar-refractivity contribution in [3.8, 4) is 5.75 Å². The van der Waals surface area contributed by atoms with E-state index in [1.54, 1.807) is 26.2 Å². The van der Waals surface area contributed by atoms with Gasteiger partial charge in [-0.1, -0.05) is 11.8 Å². The predicted octanol–water partition coefficient (Wildman–Crippen LogP) is 5.16. The Bertz CT molecular complexity index is 1100. The molecule has 10 heteroatoms. The minimum atomic E-state index is -2.65. The second kappa shape index (κ2) is 10.5. The molecule has 0 aliphatic carbocycles. The van der Waals surface area contributed by atoms with E-state index < -0.39 is 6.43 Å². The number of aryl methyl sites for hydroxylation is 2. The minimum absolute atomic E-state index is 0.264. The number of hydrogen-bond donors (Lipinski definition) is 1. The van der Waals surface area contributed by atoms with Crippen LogP contribution in [0.4, 0.5) is 8.78 Å². The highest BCUT2D eigenvalue weighted by atomic mass is 32.2. The van der Waals surface area contributed by atoms with E-state index in [4.69, 9.17) is 4.74 Å². The molecule has 0 aliphatic heterocycles. The monoisotopic (exact) mass is 462 g/mol. The van der Waals surface area contributed by atoms with Crippen LogP contribution in [-0.2, 0) is 5.75 Å². The molecule has 0 radical (unpaired) electrons. The molecule has 1 aromatic carbocycles. The first-order valence-corrected chi connectivity index (χ1v) is 11.0. The van der Waals surface area contributed by atoms with Gasteiger partial charge in [-0.2, -0.15) is 5.10 Å². The smallest absolute Gasteiger partial charge is 0.281 e. The van der Waals surface area contributed by atoms with Crippen LogP contribution < -0.4 is 10.2 Å². The van der Waals surface area contributed by atoms with Gasteiger partial charge in [0.1, 0.15) is 11.4 Å². The summed E-state index contributed by atoms with van der Waals surface area (Å²) in [5.41, 5.74) is 5.17. The Labute approximate surface area is 186 Å². The highest BCUT2D eigenvalue weighted by Gasteiger charge is 2.13. The highest BCUT2D eigenvalue weighted by Crippen LogP contribution is 2.28. The summed E-state index contributed by atoms with van der Waals surface area (Å²) in [7, 11) is 1.55. The maximum Gasteiger partial charge on any atom is 0.281 e. The van der Waals surface area contributed by atoms with Gasteiger partial charge in [-0.15, -0.1) is 11.3 Å². The van der Waals surface area contributed by atoms with Crippen molar-refractivity contribution in [3.05, 3.63) is 68.7 Å². The molecule has 2 aromatic heterocycles. The van der Waals surface area contributed by atoms with Gasteiger partial charge in [-0.05, 0) is 60.7 Å². The molecule has 0 bridgehead atoms. The number of nitrogens with one attached hydrogen (secondary N) is 1. The lowest BCUT2D eigenvalue weighted by molar-refractivity contribution is 0.0958. The van der Waals surface area contributed by atoms with Crippen LogP contribution in [0.25, 0.3) is 0 Å². The number of thiophene rings is 1. The maximum absolute atomic E-state index is 13.0. The molecule has 162 valence electrons. The number of alkyl halides is 2. The van der Waals surface area contributed by atoms with Gasteiger partial charge in [0, 0.05) is 17.0 Å². The molecule has 1 amide bonds. The third-order valence-corrected chi connectivity index (χ3v) is 6.10. The average molecular weight is 463 g/mol. The van der Waals surface area contributed by atoms with Gasteiger partial charge in [0.25, 0.3) is 12.3 Å². The van der Waals surface area contributed by atoms with Crippen LogP contribution in [0.15, 0.2) is 46.0 Å². The first kappa shape index (κ1) is 22.8. The summed E-state index contributed by atoms with van der Waals surface area (Å²) in [6.07, 6.45) is -1.12. The molecule has 0 spiro atoms. The Hall–Kier alpha value is -2.85. The van der Waals surface area contributed by atoms with Crippen LogP contribution in [0, 0.1) is 13.8 Å². The Kier molecular flexibility index (Phi) is 7.69. The normalized spacial score (nSPS) is 11.3. The van der Waals surface area contributed by atoms with E-state index in [9.17, 15) is 13.6 Å². The molecule has 3 rings (SSSR count). The highest BCUT2D eigenvalue weighted by molar-refractivity contribution is 7.98. The Morgan fingerprint density at radius 2 is 2.10 bits per heavy atom. The molecule has 0 atom stereocenters. The molecule has 31 heavy (non-hydrogen) atoms. The molecular weight excluding hydrogens is 442 g/mol. The van der Waals surface area contributed by atoms with Crippen LogP contribution in [0.5, 0.6) is 5.75 Å². The van der Waals surface area contributed by atoms with Crippen molar-refractivity contribution in [1.29, 1.82) is 0 Å². The van der Waals surface area contributed by atoms with Gasteiger partial charge in [0.2, 0.25) is 0 Å². The largest absolute Gasteiger partial charge is 0.496 e. The first-order valence-electron chi connectivity index (χ1n) is 9.18. The number of nitrogens with zero attached hydrogens (tertiary/aromatic N) is 3. The summed E-state index contributed by atoms with van der Waals surface area (Å²) in [5.74, 6) is 0.793. The summed E-state index contributed by atoms with van der Waals surface area (Å²) >= 11 is 2.59. The lowest BCUT2D eigenvalue weighted by Gasteiger charge is -2.10. The molecule has 0 fully saturated rings. The van der Waals surface area contributed by atoms with Crippen molar-refractivity contribution in [2.75, 3.05) is 7.11 Å². The number of aromatic nitrogens is 2. The van der Waals surface area contributed by atoms with Crippen LogP contribution in [0.3, 0.4) is 0 Å². The van der Waals surface area contributed by atoms with E-state index in [0.717, 1.165) is 16.7 Å². The van der Waals surface area contributed by atoms with Gasteiger partial charge in [0.15, 0.2) is 5.16 Å². The zero-order valence-corrected chi connectivity index (χ0v) is 18.7. The fourth-order valence-electron chi connectivity index (χ4n) is 2.70. The van der Waals surface area contributed by atoms with Gasteiger partial charge in [-0.3, -0.25) is 4.79 Å². The number of carbonyl (C=O) groups is 1. The average Bonchev–Trinajstić information content (AvgIpc) is 3.18.